The van der Waals surface area contributed by atoms with Crippen molar-refractivity contribution in [3.05, 3.63) is 76.2 Å². The Bertz CT molecular complexity index is 1130. The van der Waals surface area contributed by atoms with Gasteiger partial charge in [-0.1, -0.05) is 30.3 Å². The molecule has 0 spiro atoms. The number of methoxy groups -OCH3 is 1. The van der Waals surface area contributed by atoms with E-state index in [0.29, 0.717) is 10.3 Å². The van der Waals surface area contributed by atoms with Crippen LogP contribution in [0.4, 0.5) is 0 Å². The molecule has 9 nitrogen and oxygen atoms in total. The van der Waals surface area contributed by atoms with Gasteiger partial charge in [0.25, 0.3) is 11.8 Å². The van der Waals surface area contributed by atoms with Gasteiger partial charge in [0.05, 0.1) is 20.3 Å². The zero-order valence-corrected chi connectivity index (χ0v) is 17.1. The van der Waals surface area contributed by atoms with Gasteiger partial charge in [0.15, 0.2) is 11.8 Å². The van der Waals surface area contributed by atoms with Crippen LogP contribution in [0.1, 0.15) is 28.9 Å². The molecule has 3 N–H and O–H groups in total. The van der Waals surface area contributed by atoms with Crippen LogP contribution < -0.4 is 20.9 Å². The molecule has 0 radical (unpaired) electrons. The van der Waals surface area contributed by atoms with Crippen LogP contribution in [0.2, 0.25) is 0 Å². The van der Waals surface area contributed by atoms with Gasteiger partial charge in [-0.3, -0.25) is 14.2 Å². The van der Waals surface area contributed by atoms with Crippen LogP contribution in [0.5, 0.6) is 17.5 Å². The van der Waals surface area contributed by atoms with E-state index in [1.165, 1.54) is 19.2 Å². The van der Waals surface area contributed by atoms with Gasteiger partial charge >= 0.3 is 5.69 Å². The lowest BCUT2D eigenvalue weighted by molar-refractivity contribution is -0.120. The van der Waals surface area contributed by atoms with Gasteiger partial charge in [0.1, 0.15) is 5.75 Å². The van der Waals surface area contributed by atoms with Gasteiger partial charge in [-0.2, -0.15) is 0 Å². The van der Waals surface area contributed by atoms with Crippen molar-refractivity contribution in [1.29, 1.82) is 0 Å². The van der Waals surface area contributed by atoms with Crippen LogP contribution in [0.15, 0.2) is 59.4 Å². The number of rotatable bonds is 9. The number of ether oxygens (including phenoxy) is 2. The Morgan fingerprint density at radius 2 is 1.74 bits per heavy atom. The predicted octanol–water partition coefficient (Wildman–Crippen LogP) is 1.72. The number of imidazole rings is 1. The van der Waals surface area contributed by atoms with Crippen molar-refractivity contribution in [2.24, 2.45) is 5.73 Å². The van der Waals surface area contributed by atoms with Gasteiger partial charge in [0.2, 0.25) is 5.91 Å². The number of ketones is 1. The van der Waals surface area contributed by atoms with E-state index in [0.717, 1.165) is 10.1 Å². The topological polar surface area (TPSA) is 126 Å². The Hall–Kier alpha value is -4.01. The van der Waals surface area contributed by atoms with Crippen molar-refractivity contribution in [1.82, 2.24) is 9.13 Å². The smallest absolute Gasteiger partial charge is 0.335 e. The largest absolute Gasteiger partial charge is 0.497 e. The van der Waals surface area contributed by atoms with Gasteiger partial charge in [-0.25, -0.2) is 9.36 Å². The highest BCUT2D eigenvalue weighted by Gasteiger charge is 2.35. The summed E-state index contributed by atoms with van der Waals surface area (Å²) in [6.45, 7) is 1.90. The second-order valence-corrected chi connectivity index (χ2v) is 6.68. The molecule has 0 saturated heterocycles. The van der Waals surface area contributed by atoms with E-state index in [2.05, 4.69) is 0 Å². The van der Waals surface area contributed by atoms with Crippen LogP contribution in [0.3, 0.4) is 0 Å². The van der Waals surface area contributed by atoms with Gasteiger partial charge in [-0.05, 0) is 36.8 Å². The quantitative estimate of drug-likeness (QED) is 0.397. The molecule has 0 aliphatic heterocycles. The van der Waals surface area contributed by atoms with E-state index >= 15 is 0 Å². The highest BCUT2D eigenvalue weighted by atomic mass is 16.5. The van der Waals surface area contributed by atoms with Crippen molar-refractivity contribution in [3.8, 4) is 17.5 Å². The maximum Gasteiger partial charge on any atom is 0.335 e. The second-order valence-electron chi connectivity index (χ2n) is 6.68. The normalized spacial score (nSPS) is 11.7. The molecule has 0 aliphatic carbocycles. The minimum atomic E-state index is -1.75. The highest BCUT2D eigenvalue weighted by Crippen LogP contribution is 2.30. The summed E-state index contributed by atoms with van der Waals surface area (Å²) in [6, 6.07) is 13.3. The number of aromatic hydroxyl groups is 1. The highest BCUT2D eigenvalue weighted by molar-refractivity contribution is 6.11. The van der Waals surface area contributed by atoms with E-state index in [9.17, 15) is 19.5 Å². The van der Waals surface area contributed by atoms with Crippen molar-refractivity contribution >= 4 is 11.7 Å². The number of benzene rings is 2. The minimum Gasteiger partial charge on any atom is -0.497 e. The molecular formula is C22H23N3O6. The fourth-order valence-electron chi connectivity index (χ4n) is 3.24. The fraction of sp³-hybridized carbons (Fsp3) is 0.227. The van der Waals surface area contributed by atoms with E-state index in [1.807, 2.05) is 6.07 Å². The summed E-state index contributed by atoms with van der Waals surface area (Å²) in [7, 11) is 1.48. The first-order valence-electron chi connectivity index (χ1n) is 9.57. The number of Topliss-reactive ketones (excluding diaryl/α,β-unsaturated/α-hetero) is 1. The third-order valence-electron chi connectivity index (χ3n) is 4.72. The van der Waals surface area contributed by atoms with Crippen molar-refractivity contribution in [2.75, 3.05) is 13.7 Å². The number of amides is 1. The molecule has 2 aromatic carbocycles. The van der Waals surface area contributed by atoms with E-state index < -0.39 is 29.3 Å². The summed E-state index contributed by atoms with van der Waals surface area (Å²) in [5.74, 6) is -2.11. The standard InChI is InChI=1S/C22H23N3O6/c1-3-31-21-20(28)25(22(29)24(21)13-14-7-5-4-6-8-14)17(19(23)27)18(26)15-9-11-16(30-2)12-10-15/h4-12,17,28H,3,13H2,1-2H3,(H2,23,27). The van der Waals surface area contributed by atoms with Gasteiger partial charge < -0.3 is 20.3 Å². The second kappa shape index (κ2) is 9.21. The molecule has 0 aliphatic rings. The third-order valence-corrected chi connectivity index (χ3v) is 4.72. The molecule has 1 amide bonds. The predicted molar refractivity (Wildman–Crippen MR) is 113 cm³/mol. The van der Waals surface area contributed by atoms with Crippen LogP contribution in [0.25, 0.3) is 0 Å². The first-order chi connectivity index (χ1) is 14.9. The number of hydrogen-bond acceptors (Lipinski definition) is 6. The lowest BCUT2D eigenvalue weighted by Crippen LogP contribution is -2.39. The molecular weight excluding hydrogens is 402 g/mol. The molecule has 1 heterocycles. The van der Waals surface area contributed by atoms with Crippen molar-refractivity contribution in [3.63, 3.8) is 0 Å². The summed E-state index contributed by atoms with van der Waals surface area (Å²) >= 11 is 0. The number of nitrogens with two attached hydrogens (primary N) is 1. The first kappa shape index (κ1) is 21.7. The molecule has 1 atom stereocenters. The monoisotopic (exact) mass is 425 g/mol. The van der Waals surface area contributed by atoms with E-state index in [1.54, 1.807) is 43.3 Å². The zero-order chi connectivity index (χ0) is 22.5. The molecule has 1 unspecified atom stereocenters. The molecule has 3 aromatic rings. The van der Waals surface area contributed by atoms with Crippen molar-refractivity contribution < 1.29 is 24.2 Å². The summed E-state index contributed by atoms with van der Waals surface area (Å²) in [5.41, 5.74) is 5.58. The number of primary amides is 1. The van der Waals surface area contributed by atoms with E-state index in [4.69, 9.17) is 15.2 Å². The summed E-state index contributed by atoms with van der Waals surface area (Å²) < 4.78 is 12.4. The van der Waals surface area contributed by atoms with Crippen LogP contribution >= 0.6 is 0 Å². The Balaban J connectivity index is 2.11. The van der Waals surface area contributed by atoms with Gasteiger partial charge in [-0.15, -0.1) is 0 Å². The van der Waals surface area contributed by atoms with Gasteiger partial charge in [0, 0.05) is 5.56 Å². The number of aromatic nitrogens is 2. The molecule has 0 fully saturated rings. The number of hydrogen-bond donors (Lipinski definition) is 2. The van der Waals surface area contributed by atoms with Crippen LogP contribution in [0, 0.1) is 0 Å². The van der Waals surface area contributed by atoms with E-state index in [-0.39, 0.29) is 24.6 Å². The lowest BCUT2D eigenvalue weighted by Gasteiger charge is -2.14. The summed E-state index contributed by atoms with van der Waals surface area (Å²) in [4.78, 5) is 38.5. The Labute approximate surface area is 178 Å². The SMILES string of the molecule is CCOc1c(O)n(C(C(N)=O)C(=O)c2ccc(OC)cc2)c(=O)n1Cc1ccccc1. The van der Waals surface area contributed by atoms with Crippen LogP contribution in [-0.4, -0.2) is 39.6 Å². The number of carbonyl (C=O) groups excluding carboxylic acids is 2. The maximum absolute atomic E-state index is 13.2. The molecule has 9 heteroatoms. The van der Waals surface area contributed by atoms with Crippen LogP contribution in [-0.2, 0) is 11.3 Å². The Kier molecular flexibility index (Phi) is 6.44. The fourth-order valence-corrected chi connectivity index (χ4v) is 3.24. The number of nitrogens with zero attached hydrogens (tertiary/aromatic N) is 2. The average molecular weight is 425 g/mol. The average Bonchev–Trinajstić information content (AvgIpc) is 2.99. The Morgan fingerprint density at radius 3 is 2.29 bits per heavy atom. The lowest BCUT2D eigenvalue weighted by atomic mass is 10.0. The third kappa shape index (κ3) is 4.30. The molecule has 162 valence electrons. The Morgan fingerprint density at radius 1 is 1.10 bits per heavy atom. The minimum absolute atomic E-state index is 0.0672. The van der Waals surface area contributed by atoms with Crippen molar-refractivity contribution in [2.45, 2.75) is 19.5 Å². The molecule has 3 rings (SSSR count). The molecule has 0 saturated carbocycles. The molecule has 31 heavy (non-hydrogen) atoms. The number of carbonyl (C=O) groups is 2. The molecule has 0 bridgehead atoms. The maximum atomic E-state index is 13.2. The summed E-state index contributed by atoms with van der Waals surface area (Å²) in [6.07, 6.45) is 0. The first-order valence-corrected chi connectivity index (χ1v) is 9.57. The zero-order valence-electron chi connectivity index (χ0n) is 17.1. The summed E-state index contributed by atoms with van der Waals surface area (Å²) in [5, 5.41) is 10.7. The molecule has 1 aromatic heterocycles.